The first kappa shape index (κ1) is 9.93. The maximum Gasteiger partial charge on any atom is 0.249 e. The van der Waals surface area contributed by atoms with Crippen molar-refractivity contribution in [2.45, 2.75) is 37.8 Å². The van der Waals surface area contributed by atoms with E-state index < -0.39 is 0 Å². The molecular weight excluding hydrogens is 180 g/mol. The first-order valence-corrected chi connectivity index (χ1v) is 5.49. The Bertz CT molecular complexity index is 198. The smallest absolute Gasteiger partial charge is 0.249 e. The molecule has 2 N–H and O–H groups in total. The molecule has 0 aromatic carbocycles. The quantitative estimate of drug-likeness (QED) is 0.613. The molecule has 1 aliphatic carbocycles. The Labute approximate surface area is 84.4 Å². The van der Waals surface area contributed by atoms with E-state index in [0.29, 0.717) is 0 Å². The lowest BCUT2D eigenvalue weighted by molar-refractivity contribution is -0.129. The second-order valence-corrected chi connectivity index (χ2v) is 4.02. The lowest BCUT2D eigenvalue weighted by Crippen LogP contribution is -2.38. The van der Waals surface area contributed by atoms with E-state index >= 15 is 0 Å². The van der Waals surface area contributed by atoms with Crippen LogP contribution in [0.4, 0.5) is 0 Å². The molecule has 2 rings (SSSR count). The van der Waals surface area contributed by atoms with Gasteiger partial charge < -0.3 is 15.4 Å². The predicted molar refractivity (Wildman–Crippen MR) is 53.0 cm³/mol. The average Bonchev–Trinajstić information content (AvgIpc) is 2.84. The van der Waals surface area contributed by atoms with Crippen LogP contribution in [0.5, 0.6) is 0 Å². The summed E-state index contributed by atoms with van der Waals surface area (Å²) in [6.07, 6.45) is 4.29. The van der Waals surface area contributed by atoms with Crippen molar-refractivity contribution in [2.24, 2.45) is 0 Å². The molecule has 0 bridgehead atoms. The summed E-state index contributed by atoms with van der Waals surface area (Å²) in [5, 5.41) is 6.23. The number of nitrogens with one attached hydrogen (secondary N) is 2. The van der Waals surface area contributed by atoms with Gasteiger partial charge in [-0.2, -0.15) is 0 Å². The normalized spacial score (nSPS) is 26.4. The van der Waals surface area contributed by atoms with Gasteiger partial charge in [0, 0.05) is 25.7 Å². The molecular formula is C10H18N2O2. The summed E-state index contributed by atoms with van der Waals surface area (Å²) < 4.78 is 5.27. The van der Waals surface area contributed by atoms with E-state index in [9.17, 15) is 4.79 Å². The minimum Gasteiger partial charge on any atom is -0.368 e. The second-order valence-electron chi connectivity index (χ2n) is 4.02. The highest BCUT2D eigenvalue weighted by Gasteiger charge is 2.23. The summed E-state index contributed by atoms with van der Waals surface area (Å²) in [4.78, 5) is 11.4. The fraction of sp³-hybridized carbons (Fsp3) is 0.900. The standard InChI is InChI=1S/C10H18N2O2/c13-10(9-2-1-7-14-9)12-6-5-11-8-3-4-8/h8-9,11H,1-7H2,(H,12,13)/t9-/m0/s1. The minimum atomic E-state index is -0.184. The van der Waals surface area contributed by atoms with Crippen molar-refractivity contribution >= 4 is 5.91 Å². The molecule has 0 aromatic rings. The van der Waals surface area contributed by atoms with E-state index in [0.717, 1.165) is 38.6 Å². The average molecular weight is 198 g/mol. The molecule has 1 amide bonds. The molecule has 2 fully saturated rings. The monoisotopic (exact) mass is 198 g/mol. The summed E-state index contributed by atoms with van der Waals surface area (Å²) in [7, 11) is 0. The predicted octanol–water partition coefficient (Wildman–Crippen LogP) is 0.0336. The minimum absolute atomic E-state index is 0.0556. The summed E-state index contributed by atoms with van der Waals surface area (Å²) in [6, 6.07) is 0.717. The largest absolute Gasteiger partial charge is 0.368 e. The molecule has 0 radical (unpaired) electrons. The highest BCUT2D eigenvalue weighted by Crippen LogP contribution is 2.17. The third-order valence-electron chi connectivity index (χ3n) is 2.66. The zero-order valence-electron chi connectivity index (χ0n) is 8.42. The molecule has 2 aliphatic rings. The van der Waals surface area contributed by atoms with Crippen molar-refractivity contribution in [3.8, 4) is 0 Å². The first-order chi connectivity index (χ1) is 6.86. The van der Waals surface area contributed by atoms with Gasteiger partial charge in [-0.15, -0.1) is 0 Å². The van der Waals surface area contributed by atoms with E-state index in [4.69, 9.17) is 4.74 Å². The van der Waals surface area contributed by atoms with E-state index in [-0.39, 0.29) is 12.0 Å². The SMILES string of the molecule is O=C(NCCNC1CC1)[C@@H]1CCCO1. The van der Waals surface area contributed by atoms with Crippen molar-refractivity contribution in [3.63, 3.8) is 0 Å². The summed E-state index contributed by atoms with van der Waals surface area (Å²) in [5.74, 6) is 0.0556. The Balaban J connectivity index is 1.52. The molecule has 80 valence electrons. The van der Waals surface area contributed by atoms with Gasteiger partial charge in [-0.3, -0.25) is 4.79 Å². The number of rotatable bonds is 5. The maximum atomic E-state index is 11.4. The summed E-state index contributed by atoms with van der Waals surface area (Å²) in [5.41, 5.74) is 0. The molecule has 0 aromatic heterocycles. The van der Waals surface area contributed by atoms with E-state index in [1.165, 1.54) is 12.8 Å². The van der Waals surface area contributed by atoms with Gasteiger partial charge in [0.05, 0.1) is 0 Å². The maximum absolute atomic E-state index is 11.4. The number of hydrogen-bond acceptors (Lipinski definition) is 3. The Morgan fingerprint density at radius 2 is 2.14 bits per heavy atom. The van der Waals surface area contributed by atoms with Crippen LogP contribution in [0.25, 0.3) is 0 Å². The van der Waals surface area contributed by atoms with Crippen LogP contribution < -0.4 is 10.6 Å². The highest BCUT2D eigenvalue weighted by molar-refractivity contribution is 5.80. The van der Waals surface area contributed by atoms with Gasteiger partial charge in [0.2, 0.25) is 5.91 Å². The van der Waals surface area contributed by atoms with Crippen LogP contribution in [0, 0.1) is 0 Å². The van der Waals surface area contributed by atoms with E-state index in [2.05, 4.69) is 10.6 Å². The lowest BCUT2D eigenvalue weighted by Gasteiger charge is -2.10. The molecule has 0 unspecified atom stereocenters. The van der Waals surface area contributed by atoms with Gasteiger partial charge in [-0.05, 0) is 25.7 Å². The summed E-state index contributed by atoms with van der Waals surface area (Å²) in [6.45, 7) is 2.33. The fourth-order valence-electron chi connectivity index (χ4n) is 1.65. The number of hydrogen-bond donors (Lipinski definition) is 2. The Kier molecular flexibility index (Phi) is 3.37. The van der Waals surface area contributed by atoms with Gasteiger partial charge in [0.25, 0.3) is 0 Å². The Morgan fingerprint density at radius 3 is 2.79 bits per heavy atom. The highest BCUT2D eigenvalue weighted by atomic mass is 16.5. The van der Waals surface area contributed by atoms with Crippen LogP contribution in [-0.4, -0.2) is 37.7 Å². The third kappa shape index (κ3) is 2.96. The second kappa shape index (κ2) is 4.75. The Morgan fingerprint density at radius 1 is 1.29 bits per heavy atom. The number of carbonyl (C=O) groups excluding carboxylic acids is 1. The molecule has 1 saturated heterocycles. The molecule has 14 heavy (non-hydrogen) atoms. The van der Waals surface area contributed by atoms with Crippen LogP contribution in [0.1, 0.15) is 25.7 Å². The Hall–Kier alpha value is -0.610. The van der Waals surface area contributed by atoms with Crippen LogP contribution in [0.2, 0.25) is 0 Å². The van der Waals surface area contributed by atoms with Crippen molar-refractivity contribution in [2.75, 3.05) is 19.7 Å². The van der Waals surface area contributed by atoms with Crippen LogP contribution in [-0.2, 0) is 9.53 Å². The van der Waals surface area contributed by atoms with Gasteiger partial charge in [-0.25, -0.2) is 0 Å². The van der Waals surface area contributed by atoms with Crippen LogP contribution in [0.3, 0.4) is 0 Å². The van der Waals surface area contributed by atoms with Gasteiger partial charge in [0.1, 0.15) is 6.10 Å². The van der Waals surface area contributed by atoms with Gasteiger partial charge in [0.15, 0.2) is 0 Å². The van der Waals surface area contributed by atoms with Crippen LogP contribution in [0.15, 0.2) is 0 Å². The molecule has 1 atom stereocenters. The number of amides is 1. The third-order valence-corrected chi connectivity index (χ3v) is 2.66. The molecule has 1 aliphatic heterocycles. The molecule has 0 spiro atoms. The van der Waals surface area contributed by atoms with Gasteiger partial charge in [-0.1, -0.05) is 0 Å². The first-order valence-electron chi connectivity index (χ1n) is 5.49. The number of carbonyl (C=O) groups is 1. The van der Waals surface area contributed by atoms with Crippen molar-refractivity contribution < 1.29 is 9.53 Å². The molecule has 4 nitrogen and oxygen atoms in total. The van der Waals surface area contributed by atoms with E-state index in [1.807, 2.05) is 0 Å². The fourth-order valence-corrected chi connectivity index (χ4v) is 1.65. The van der Waals surface area contributed by atoms with Crippen LogP contribution >= 0.6 is 0 Å². The van der Waals surface area contributed by atoms with Gasteiger partial charge >= 0.3 is 0 Å². The summed E-state index contributed by atoms with van der Waals surface area (Å²) >= 11 is 0. The topological polar surface area (TPSA) is 50.4 Å². The zero-order valence-corrected chi connectivity index (χ0v) is 8.42. The van der Waals surface area contributed by atoms with Crippen molar-refractivity contribution in [3.05, 3.63) is 0 Å². The zero-order chi connectivity index (χ0) is 9.80. The lowest BCUT2D eigenvalue weighted by atomic mass is 10.2. The van der Waals surface area contributed by atoms with E-state index in [1.54, 1.807) is 0 Å². The van der Waals surface area contributed by atoms with Crippen molar-refractivity contribution in [1.29, 1.82) is 0 Å². The number of ether oxygens (including phenoxy) is 1. The van der Waals surface area contributed by atoms with Crippen molar-refractivity contribution in [1.82, 2.24) is 10.6 Å². The molecule has 1 heterocycles. The molecule has 4 heteroatoms. The molecule has 1 saturated carbocycles.